The van der Waals surface area contributed by atoms with Gasteiger partial charge < -0.3 is 4.74 Å². The Morgan fingerprint density at radius 3 is 2.43 bits per heavy atom. The molecule has 1 atom stereocenters. The van der Waals surface area contributed by atoms with Crippen LogP contribution < -0.4 is 0 Å². The first kappa shape index (κ1) is 11.8. The minimum atomic E-state index is 0.618. The molecule has 82 valence electrons. The fraction of sp³-hybridized carbons (Fsp3) is 0.846. The van der Waals surface area contributed by atoms with Gasteiger partial charge in [-0.3, -0.25) is 0 Å². The number of unbranched alkanes of at least 4 members (excludes halogenated alkanes) is 5. The van der Waals surface area contributed by atoms with Crippen molar-refractivity contribution in [3.05, 3.63) is 12.2 Å². The molecule has 0 aromatic carbocycles. The SMILES string of the molecule is CCCCCC/C=C/CCC[C@H]1CO1. The quantitative estimate of drug-likeness (QED) is 0.307. The van der Waals surface area contributed by atoms with Crippen LogP contribution in [0, 0.1) is 0 Å². The molecule has 1 heteroatoms. The molecular weight excluding hydrogens is 172 g/mol. The molecule has 1 nitrogen and oxygen atoms in total. The average molecular weight is 196 g/mol. The van der Waals surface area contributed by atoms with Crippen molar-refractivity contribution in [3.63, 3.8) is 0 Å². The second-order valence-electron chi connectivity index (χ2n) is 4.21. The van der Waals surface area contributed by atoms with Crippen LogP contribution in [0.5, 0.6) is 0 Å². The Hall–Kier alpha value is -0.300. The monoisotopic (exact) mass is 196 g/mol. The van der Waals surface area contributed by atoms with Gasteiger partial charge in [-0.15, -0.1) is 0 Å². The summed E-state index contributed by atoms with van der Waals surface area (Å²) in [6.45, 7) is 3.27. The molecule has 1 heterocycles. The van der Waals surface area contributed by atoms with Crippen LogP contribution in [0.15, 0.2) is 12.2 Å². The van der Waals surface area contributed by atoms with E-state index in [2.05, 4.69) is 19.1 Å². The summed E-state index contributed by atoms with van der Waals surface area (Å²) in [4.78, 5) is 0. The van der Waals surface area contributed by atoms with Crippen LogP contribution in [-0.4, -0.2) is 12.7 Å². The Labute approximate surface area is 88.5 Å². The summed E-state index contributed by atoms with van der Waals surface area (Å²) in [6, 6.07) is 0. The molecule has 1 saturated heterocycles. The largest absolute Gasteiger partial charge is 0.373 e. The highest BCUT2D eigenvalue weighted by Gasteiger charge is 2.20. The van der Waals surface area contributed by atoms with Crippen LogP contribution in [-0.2, 0) is 4.74 Å². The van der Waals surface area contributed by atoms with Crippen molar-refractivity contribution >= 4 is 0 Å². The summed E-state index contributed by atoms with van der Waals surface area (Å²) in [5.74, 6) is 0. The molecule has 0 aromatic rings. The molecule has 0 spiro atoms. The average Bonchev–Trinajstić information content (AvgIpc) is 2.99. The zero-order valence-corrected chi connectivity index (χ0v) is 9.50. The second kappa shape index (κ2) is 8.05. The van der Waals surface area contributed by atoms with E-state index >= 15 is 0 Å². The zero-order valence-electron chi connectivity index (χ0n) is 9.50. The number of hydrogen-bond acceptors (Lipinski definition) is 1. The van der Waals surface area contributed by atoms with Crippen LogP contribution in [0.2, 0.25) is 0 Å². The van der Waals surface area contributed by atoms with E-state index in [1.165, 1.54) is 51.4 Å². The maximum atomic E-state index is 5.16. The van der Waals surface area contributed by atoms with Crippen LogP contribution >= 0.6 is 0 Å². The van der Waals surface area contributed by atoms with Crippen LogP contribution in [0.3, 0.4) is 0 Å². The van der Waals surface area contributed by atoms with Crippen molar-refractivity contribution in [2.24, 2.45) is 0 Å². The van der Waals surface area contributed by atoms with Gasteiger partial charge in [0, 0.05) is 0 Å². The van der Waals surface area contributed by atoms with Crippen LogP contribution in [0.25, 0.3) is 0 Å². The molecule has 0 amide bonds. The summed E-state index contributed by atoms with van der Waals surface area (Å²) in [7, 11) is 0. The van der Waals surface area contributed by atoms with E-state index in [0.717, 1.165) is 6.61 Å². The molecule has 0 aliphatic carbocycles. The Morgan fingerprint density at radius 2 is 1.79 bits per heavy atom. The van der Waals surface area contributed by atoms with E-state index in [1.807, 2.05) is 0 Å². The second-order valence-corrected chi connectivity index (χ2v) is 4.21. The van der Waals surface area contributed by atoms with Gasteiger partial charge in [-0.2, -0.15) is 0 Å². The molecule has 1 aliphatic heterocycles. The number of ether oxygens (including phenoxy) is 1. The van der Waals surface area contributed by atoms with Crippen molar-refractivity contribution in [1.82, 2.24) is 0 Å². The predicted octanol–water partition coefficient (Wildman–Crippen LogP) is 4.08. The van der Waals surface area contributed by atoms with Gasteiger partial charge in [0.1, 0.15) is 0 Å². The first-order chi connectivity index (χ1) is 6.93. The highest BCUT2D eigenvalue weighted by Crippen LogP contribution is 2.16. The summed E-state index contributed by atoms with van der Waals surface area (Å²) in [5.41, 5.74) is 0. The Morgan fingerprint density at radius 1 is 1.07 bits per heavy atom. The molecule has 1 aliphatic rings. The van der Waals surface area contributed by atoms with E-state index in [4.69, 9.17) is 4.74 Å². The van der Waals surface area contributed by atoms with Gasteiger partial charge in [0.05, 0.1) is 12.7 Å². The highest BCUT2D eigenvalue weighted by molar-refractivity contribution is 4.82. The van der Waals surface area contributed by atoms with Gasteiger partial charge in [-0.05, 0) is 32.1 Å². The third-order valence-corrected chi connectivity index (χ3v) is 2.69. The van der Waals surface area contributed by atoms with Gasteiger partial charge in [0.15, 0.2) is 0 Å². The Bertz CT molecular complexity index is 147. The maximum absolute atomic E-state index is 5.16. The third kappa shape index (κ3) is 7.14. The molecule has 0 saturated carbocycles. The van der Waals surface area contributed by atoms with Crippen molar-refractivity contribution in [2.45, 2.75) is 64.4 Å². The standard InChI is InChI=1S/C13H24O/c1-2-3-4-5-6-7-8-9-10-11-13-12-14-13/h7-8,13H,2-6,9-12H2,1H3/b8-7+/t13-/m0/s1. The number of rotatable bonds is 9. The third-order valence-electron chi connectivity index (χ3n) is 2.69. The van der Waals surface area contributed by atoms with Gasteiger partial charge in [-0.25, -0.2) is 0 Å². The van der Waals surface area contributed by atoms with E-state index < -0.39 is 0 Å². The zero-order chi connectivity index (χ0) is 10.1. The molecule has 0 aromatic heterocycles. The van der Waals surface area contributed by atoms with Crippen molar-refractivity contribution in [2.75, 3.05) is 6.61 Å². The van der Waals surface area contributed by atoms with Gasteiger partial charge in [0.2, 0.25) is 0 Å². The fourth-order valence-electron chi connectivity index (χ4n) is 1.62. The van der Waals surface area contributed by atoms with Crippen molar-refractivity contribution in [3.8, 4) is 0 Å². The van der Waals surface area contributed by atoms with Crippen molar-refractivity contribution in [1.29, 1.82) is 0 Å². The van der Waals surface area contributed by atoms with Gasteiger partial charge in [0.25, 0.3) is 0 Å². The summed E-state index contributed by atoms with van der Waals surface area (Å²) in [5, 5.41) is 0. The smallest absolute Gasteiger partial charge is 0.0810 e. The molecule has 1 fully saturated rings. The molecule has 1 rings (SSSR count). The lowest BCUT2D eigenvalue weighted by Crippen LogP contribution is -1.83. The van der Waals surface area contributed by atoms with E-state index in [9.17, 15) is 0 Å². The number of epoxide rings is 1. The highest BCUT2D eigenvalue weighted by atomic mass is 16.6. The first-order valence-corrected chi connectivity index (χ1v) is 6.20. The lowest BCUT2D eigenvalue weighted by Gasteiger charge is -1.94. The van der Waals surface area contributed by atoms with Crippen LogP contribution in [0.1, 0.15) is 58.3 Å². The van der Waals surface area contributed by atoms with Crippen LogP contribution in [0.4, 0.5) is 0 Å². The molecular formula is C13H24O. The van der Waals surface area contributed by atoms with E-state index in [0.29, 0.717) is 6.10 Å². The Kier molecular flexibility index (Phi) is 6.77. The first-order valence-electron chi connectivity index (χ1n) is 6.20. The Balaban J connectivity index is 1.73. The minimum absolute atomic E-state index is 0.618. The topological polar surface area (TPSA) is 12.5 Å². The van der Waals surface area contributed by atoms with E-state index in [1.54, 1.807) is 0 Å². The summed E-state index contributed by atoms with van der Waals surface area (Å²) in [6.07, 6.45) is 15.9. The van der Waals surface area contributed by atoms with Gasteiger partial charge in [-0.1, -0.05) is 38.3 Å². The lowest BCUT2D eigenvalue weighted by molar-refractivity contribution is 0.392. The molecule has 0 bridgehead atoms. The normalized spacial score (nSPS) is 20.5. The van der Waals surface area contributed by atoms with Gasteiger partial charge >= 0.3 is 0 Å². The summed E-state index contributed by atoms with van der Waals surface area (Å²) < 4.78 is 5.16. The van der Waals surface area contributed by atoms with E-state index in [-0.39, 0.29) is 0 Å². The molecule has 14 heavy (non-hydrogen) atoms. The summed E-state index contributed by atoms with van der Waals surface area (Å²) >= 11 is 0. The molecule has 0 radical (unpaired) electrons. The predicted molar refractivity (Wildman–Crippen MR) is 61.5 cm³/mol. The lowest BCUT2D eigenvalue weighted by atomic mass is 10.1. The number of allylic oxidation sites excluding steroid dienone is 2. The molecule has 0 N–H and O–H groups in total. The number of hydrogen-bond donors (Lipinski definition) is 0. The van der Waals surface area contributed by atoms with Crippen molar-refractivity contribution < 1.29 is 4.74 Å². The minimum Gasteiger partial charge on any atom is -0.373 e. The maximum Gasteiger partial charge on any atom is 0.0810 e. The fourth-order valence-corrected chi connectivity index (χ4v) is 1.62. The molecule has 0 unspecified atom stereocenters.